The van der Waals surface area contributed by atoms with Gasteiger partial charge in [-0.05, 0) is 19.3 Å². The predicted octanol–water partition coefficient (Wildman–Crippen LogP) is 0.0682. The first kappa shape index (κ1) is 13.0. The second kappa shape index (κ2) is 6.51. The van der Waals surface area contributed by atoms with E-state index in [9.17, 15) is 4.79 Å². The van der Waals surface area contributed by atoms with Crippen LogP contribution in [0, 0.1) is 0 Å². The van der Waals surface area contributed by atoms with Gasteiger partial charge in [0, 0.05) is 25.0 Å². The highest BCUT2D eigenvalue weighted by Crippen LogP contribution is 2.29. The van der Waals surface area contributed by atoms with Crippen molar-refractivity contribution in [1.82, 2.24) is 14.9 Å². The highest BCUT2D eigenvalue weighted by Gasteiger charge is 2.29. The standard InChI is InChI=1S/C12H20N4O2/c13-4-7-18-8-12(17)15-10-2-1-3-11(10)16-6-5-14-9-16/h5-6,9-11H,1-4,7-8,13H2,(H,15,17). The summed E-state index contributed by atoms with van der Waals surface area (Å²) in [4.78, 5) is 15.7. The van der Waals surface area contributed by atoms with Crippen molar-refractivity contribution >= 4 is 5.91 Å². The van der Waals surface area contributed by atoms with Gasteiger partial charge in [-0.2, -0.15) is 0 Å². The molecule has 1 aliphatic carbocycles. The molecule has 6 nitrogen and oxygen atoms in total. The molecule has 1 aromatic heterocycles. The topological polar surface area (TPSA) is 82.2 Å². The largest absolute Gasteiger partial charge is 0.370 e. The lowest BCUT2D eigenvalue weighted by molar-refractivity contribution is -0.126. The summed E-state index contributed by atoms with van der Waals surface area (Å²) in [5, 5.41) is 3.02. The van der Waals surface area contributed by atoms with E-state index in [1.165, 1.54) is 0 Å². The fourth-order valence-corrected chi connectivity index (χ4v) is 2.43. The lowest BCUT2D eigenvalue weighted by Gasteiger charge is -2.22. The van der Waals surface area contributed by atoms with Crippen molar-refractivity contribution in [1.29, 1.82) is 0 Å². The molecule has 6 heteroatoms. The number of carbonyl (C=O) groups is 1. The molecule has 2 unspecified atom stereocenters. The third kappa shape index (κ3) is 3.30. The van der Waals surface area contributed by atoms with Crippen molar-refractivity contribution in [3.05, 3.63) is 18.7 Å². The highest BCUT2D eigenvalue weighted by molar-refractivity contribution is 5.77. The zero-order valence-corrected chi connectivity index (χ0v) is 10.4. The fourth-order valence-electron chi connectivity index (χ4n) is 2.43. The van der Waals surface area contributed by atoms with Crippen LogP contribution in [0.5, 0.6) is 0 Å². The van der Waals surface area contributed by atoms with E-state index in [2.05, 4.69) is 14.9 Å². The minimum Gasteiger partial charge on any atom is -0.370 e. The van der Waals surface area contributed by atoms with Gasteiger partial charge in [0.1, 0.15) is 6.61 Å². The Labute approximate surface area is 107 Å². The molecule has 1 aromatic rings. The van der Waals surface area contributed by atoms with Crippen molar-refractivity contribution in [2.75, 3.05) is 19.8 Å². The number of ether oxygens (including phenoxy) is 1. The number of rotatable bonds is 6. The first-order valence-corrected chi connectivity index (χ1v) is 6.36. The average molecular weight is 252 g/mol. The quantitative estimate of drug-likeness (QED) is 0.702. The molecule has 100 valence electrons. The molecule has 1 aliphatic rings. The van der Waals surface area contributed by atoms with Crippen molar-refractivity contribution in [3.63, 3.8) is 0 Å². The second-order valence-corrected chi connectivity index (χ2v) is 4.52. The Morgan fingerprint density at radius 2 is 2.44 bits per heavy atom. The number of imidazole rings is 1. The molecule has 1 heterocycles. The summed E-state index contributed by atoms with van der Waals surface area (Å²) in [6.07, 6.45) is 8.72. The van der Waals surface area contributed by atoms with Crippen molar-refractivity contribution < 1.29 is 9.53 Å². The molecule has 0 radical (unpaired) electrons. The number of hydrogen-bond donors (Lipinski definition) is 2. The Hall–Kier alpha value is -1.40. The number of hydrogen-bond acceptors (Lipinski definition) is 4. The van der Waals surface area contributed by atoms with E-state index in [1.807, 2.05) is 6.20 Å². The van der Waals surface area contributed by atoms with E-state index >= 15 is 0 Å². The summed E-state index contributed by atoms with van der Waals surface area (Å²) >= 11 is 0. The van der Waals surface area contributed by atoms with Crippen LogP contribution >= 0.6 is 0 Å². The number of amides is 1. The Kier molecular flexibility index (Phi) is 4.72. The van der Waals surface area contributed by atoms with Gasteiger partial charge in [0.2, 0.25) is 5.91 Å². The smallest absolute Gasteiger partial charge is 0.246 e. The van der Waals surface area contributed by atoms with E-state index in [0.29, 0.717) is 19.2 Å². The molecule has 0 aromatic carbocycles. The molecule has 18 heavy (non-hydrogen) atoms. The molecule has 0 spiro atoms. The highest BCUT2D eigenvalue weighted by atomic mass is 16.5. The van der Waals surface area contributed by atoms with Crippen molar-refractivity contribution in [2.45, 2.75) is 31.3 Å². The Balaban J connectivity index is 1.83. The van der Waals surface area contributed by atoms with E-state index in [0.717, 1.165) is 19.3 Å². The molecule has 1 amide bonds. The Morgan fingerprint density at radius 3 is 3.17 bits per heavy atom. The summed E-state index contributed by atoms with van der Waals surface area (Å²) in [6.45, 7) is 0.946. The monoisotopic (exact) mass is 252 g/mol. The van der Waals surface area contributed by atoms with Crippen molar-refractivity contribution in [2.24, 2.45) is 5.73 Å². The minimum absolute atomic E-state index is 0.0690. The van der Waals surface area contributed by atoms with E-state index in [4.69, 9.17) is 10.5 Å². The Morgan fingerprint density at radius 1 is 1.56 bits per heavy atom. The molecule has 0 aliphatic heterocycles. The maximum atomic E-state index is 11.7. The molecule has 0 saturated heterocycles. The number of nitrogens with one attached hydrogen (secondary N) is 1. The van der Waals surface area contributed by atoms with Crippen LogP contribution in [-0.4, -0.2) is 41.3 Å². The SMILES string of the molecule is NCCOCC(=O)NC1CCCC1n1ccnc1. The van der Waals surface area contributed by atoms with Gasteiger partial charge in [0.05, 0.1) is 19.0 Å². The Bertz CT molecular complexity index is 366. The van der Waals surface area contributed by atoms with Gasteiger partial charge in [0.15, 0.2) is 0 Å². The van der Waals surface area contributed by atoms with Crippen LogP contribution < -0.4 is 11.1 Å². The molecular weight excluding hydrogens is 232 g/mol. The summed E-state index contributed by atoms with van der Waals surface area (Å²) in [6, 6.07) is 0.485. The molecule has 0 bridgehead atoms. The van der Waals surface area contributed by atoms with Gasteiger partial charge in [-0.3, -0.25) is 4.79 Å². The zero-order chi connectivity index (χ0) is 12.8. The van der Waals surface area contributed by atoms with Crippen LogP contribution in [0.25, 0.3) is 0 Å². The average Bonchev–Trinajstić information content (AvgIpc) is 2.99. The molecule has 3 N–H and O–H groups in total. The first-order valence-electron chi connectivity index (χ1n) is 6.36. The predicted molar refractivity (Wildman–Crippen MR) is 66.9 cm³/mol. The minimum atomic E-state index is -0.0690. The molecular formula is C12H20N4O2. The van der Waals surface area contributed by atoms with E-state index in [-0.39, 0.29) is 18.6 Å². The van der Waals surface area contributed by atoms with E-state index < -0.39 is 0 Å². The number of aromatic nitrogens is 2. The number of nitrogens with two attached hydrogens (primary N) is 1. The summed E-state index contributed by atoms with van der Waals surface area (Å²) in [5.74, 6) is -0.0690. The lowest BCUT2D eigenvalue weighted by Crippen LogP contribution is -2.40. The maximum absolute atomic E-state index is 11.7. The zero-order valence-electron chi connectivity index (χ0n) is 10.4. The van der Waals surface area contributed by atoms with Crippen molar-refractivity contribution in [3.8, 4) is 0 Å². The summed E-state index contributed by atoms with van der Waals surface area (Å²) < 4.78 is 7.19. The third-order valence-electron chi connectivity index (χ3n) is 3.23. The number of nitrogens with zero attached hydrogens (tertiary/aromatic N) is 2. The summed E-state index contributed by atoms with van der Waals surface area (Å²) in [7, 11) is 0. The second-order valence-electron chi connectivity index (χ2n) is 4.52. The van der Waals surface area contributed by atoms with Crippen LogP contribution in [0.2, 0.25) is 0 Å². The molecule has 2 atom stereocenters. The van der Waals surface area contributed by atoms with E-state index in [1.54, 1.807) is 12.5 Å². The van der Waals surface area contributed by atoms with Crippen LogP contribution in [0.4, 0.5) is 0 Å². The third-order valence-corrected chi connectivity index (χ3v) is 3.23. The lowest BCUT2D eigenvalue weighted by atomic mass is 10.1. The van der Waals surface area contributed by atoms with Gasteiger partial charge in [-0.1, -0.05) is 0 Å². The number of carbonyl (C=O) groups excluding carboxylic acids is 1. The normalized spacial score (nSPS) is 23.2. The van der Waals surface area contributed by atoms with Gasteiger partial charge in [0.25, 0.3) is 0 Å². The molecule has 2 rings (SSSR count). The summed E-state index contributed by atoms with van der Waals surface area (Å²) in [5.41, 5.74) is 5.30. The van der Waals surface area contributed by atoms with Crippen LogP contribution in [0.3, 0.4) is 0 Å². The molecule has 1 saturated carbocycles. The van der Waals surface area contributed by atoms with Crippen LogP contribution in [0.1, 0.15) is 25.3 Å². The van der Waals surface area contributed by atoms with Gasteiger partial charge in [-0.25, -0.2) is 4.98 Å². The van der Waals surface area contributed by atoms with Gasteiger partial charge in [-0.15, -0.1) is 0 Å². The van der Waals surface area contributed by atoms with Gasteiger partial charge >= 0.3 is 0 Å². The van der Waals surface area contributed by atoms with Crippen LogP contribution in [0.15, 0.2) is 18.7 Å². The van der Waals surface area contributed by atoms with Crippen LogP contribution in [-0.2, 0) is 9.53 Å². The first-order chi connectivity index (χ1) is 8.81. The molecule has 1 fully saturated rings. The maximum Gasteiger partial charge on any atom is 0.246 e. The van der Waals surface area contributed by atoms with Gasteiger partial charge < -0.3 is 20.4 Å². The fraction of sp³-hybridized carbons (Fsp3) is 0.667.